The van der Waals surface area contributed by atoms with Crippen molar-refractivity contribution in [3.63, 3.8) is 0 Å². The molecule has 2 fully saturated rings. The highest BCUT2D eigenvalue weighted by molar-refractivity contribution is 8.77. The Kier molecular flexibility index (Phi) is 7.64. The highest BCUT2D eigenvalue weighted by Gasteiger charge is 2.44. The first-order valence-electron chi connectivity index (χ1n) is 10.7. The van der Waals surface area contributed by atoms with E-state index < -0.39 is 16.9 Å². The summed E-state index contributed by atoms with van der Waals surface area (Å²) in [5.41, 5.74) is 0.741. The number of carbonyl (C=O) groups is 2. The summed E-state index contributed by atoms with van der Waals surface area (Å²) in [4.78, 5) is 41.8. The number of halogens is 1. The molecule has 1 aliphatic heterocycles. The molecule has 2 aliphatic rings. The lowest BCUT2D eigenvalue weighted by Crippen LogP contribution is -2.50. The quantitative estimate of drug-likeness (QED) is 0.229. The molecule has 1 saturated heterocycles. The molecule has 1 aromatic heterocycles. The third-order valence-electron chi connectivity index (χ3n) is 5.79. The molecule has 2 atom stereocenters. The summed E-state index contributed by atoms with van der Waals surface area (Å²) in [5.74, 6) is -1.73. The number of nitro groups is 1. The minimum atomic E-state index is -1.17. The van der Waals surface area contributed by atoms with E-state index in [1.54, 1.807) is 18.2 Å². The number of carboxylic acid groups (broad SMARTS) is 1. The second kappa shape index (κ2) is 10.7. The van der Waals surface area contributed by atoms with Crippen molar-refractivity contribution in [1.82, 2.24) is 9.88 Å². The van der Waals surface area contributed by atoms with Gasteiger partial charge in [0.1, 0.15) is 5.82 Å². The Morgan fingerprint density at radius 2 is 2.00 bits per heavy atom. The predicted molar refractivity (Wildman–Crippen MR) is 127 cm³/mol. The standard InChI is InChI=1S/C23H22FN3O5S2/c24-17-5-2-1-4-15(17)13-26-11-9-19(33-34-23-18(27(31)32)6-3-10-25-23)16(12-20(28)29)21(26)22(30)14-7-8-14/h1-6,10,12,14,19,21H,7-9,11,13H2,(H,28,29)/b16-12+. The first-order valence-corrected chi connectivity index (χ1v) is 12.9. The topological polar surface area (TPSA) is 114 Å². The number of benzene rings is 1. The van der Waals surface area contributed by atoms with E-state index in [2.05, 4.69) is 4.98 Å². The van der Waals surface area contributed by atoms with Crippen molar-refractivity contribution in [2.75, 3.05) is 6.54 Å². The highest BCUT2D eigenvalue weighted by Crippen LogP contribution is 2.46. The number of ketones is 1. The van der Waals surface area contributed by atoms with Crippen LogP contribution in [0.3, 0.4) is 0 Å². The van der Waals surface area contributed by atoms with E-state index in [1.807, 2.05) is 4.90 Å². The maximum Gasteiger partial charge on any atom is 0.328 e. The maximum absolute atomic E-state index is 14.3. The van der Waals surface area contributed by atoms with Crippen LogP contribution in [0.25, 0.3) is 0 Å². The van der Waals surface area contributed by atoms with Crippen LogP contribution >= 0.6 is 21.6 Å². The Balaban J connectivity index is 1.62. The normalized spacial score (nSPS) is 22.0. The van der Waals surface area contributed by atoms with Gasteiger partial charge in [-0.25, -0.2) is 14.2 Å². The zero-order valence-corrected chi connectivity index (χ0v) is 19.6. The van der Waals surface area contributed by atoms with Crippen LogP contribution in [0.4, 0.5) is 10.1 Å². The van der Waals surface area contributed by atoms with Crippen LogP contribution in [0.1, 0.15) is 24.8 Å². The zero-order valence-electron chi connectivity index (χ0n) is 18.0. The second-order valence-electron chi connectivity index (χ2n) is 8.17. The summed E-state index contributed by atoms with van der Waals surface area (Å²) < 4.78 is 14.3. The van der Waals surface area contributed by atoms with Gasteiger partial charge >= 0.3 is 11.7 Å². The molecule has 0 radical (unpaired) electrons. The number of aliphatic carboxylic acids is 1. The Morgan fingerprint density at radius 1 is 1.24 bits per heavy atom. The molecule has 0 amide bonds. The molecule has 1 N–H and O–H groups in total. The van der Waals surface area contributed by atoms with E-state index in [4.69, 9.17) is 0 Å². The van der Waals surface area contributed by atoms with Crippen molar-refractivity contribution in [2.24, 2.45) is 5.92 Å². The van der Waals surface area contributed by atoms with Gasteiger partial charge in [-0.05, 0) is 47.8 Å². The van der Waals surface area contributed by atoms with Gasteiger partial charge in [0.15, 0.2) is 10.8 Å². The smallest absolute Gasteiger partial charge is 0.328 e. The van der Waals surface area contributed by atoms with E-state index in [9.17, 15) is 29.2 Å². The molecule has 0 spiro atoms. The molecule has 2 unspecified atom stereocenters. The van der Waals surface area contributed by atoms with Crippen LogP contribution in [-0.4, -0.2) is 49.5 Å². The summed E-state index contributed by atoms with van der Waals surface area (Å²) in [5, 5.41) is 20.7. The van der Waals surface area contributed by atoms with Gasteiger partial charge in [0, 0.05) is 48.2 Å². The number of hydrogen-bond acceptors (Lipinski definition) is 8. The number of piperidine rings is 1. The lowest BCUT2D eigenvalue weighted by molar-refractivity contribution is -0.388. The fourth-order valence-electron chi connectivity index (χ4n) is 4.02. The number of pyridine rings is 1. The largest absolute Gasteiger partial charge is 0.478 e. The Labute approximate surface area is 203 Å². The first kappa shape index (κ1) is 24.4. The van der Waals surface area contributed by atoms with Gasteiger partial charge in [0.2, 0.25) is 0 Å². The molecule has 2 heterocycles. The van der Waals surface area contributed by atoms with Crippen LogP contribution in [0.2, 0.25) is 0 Å². The molecule has 1 saturated carbocycles. The van der Waals surface area contributed by atoms with E-state index in [0.29, 0.717) is 24.1 Å². The lowest BCUT2D eigenvalue weighted by atomic mass is 9.89. The average Bonchev–Trinajstić information content (AvgIpc) is 3.65. The van der Waals surface area contributed by atoms with Gasteiger partial charge in [0.25, 0.3) is 0 Å². The van der Waals surface area contributed by atoms with Crippen molar-refractivity contribution in [3.05, 3.63) is 75.7 Å². The van der Waals surface area contributed by atoms with Crippen molar-refractivity contribution in [3.8, 4) is 0 Å². The maximum atomic E-state index is 14.3. The zero-order chi connectivity index (χ0) is 24.2. The van der Waals surface area contributed by atoms with Gasteiger partial charge in [-0.15, -0.1) is 0 Å². The molecule has 8 nitrogen and oxygen atoms in total. The summed E-state index contributed by atoms with van der Waals surface area (Å²) >= 11 is 0. The van der Waals surface area contributed by atoms with E-state index in [1.165, 1.54) is 35.2 Å². The summed E-state index contributed by atoms with van der Waals surface area (Å²) in [7, 11) is 2.36. The number of hydrogen-bond donors (Lipinski definition) is 1. The van der Waals surface area contributed by atoms with Crippen LogP contribution < -0.4 is 0 Å². The Morgan fingerprint density at radius 3 is 2.68 bits per heavy atom. The number of carbonyl (C=O) groups excluding carboxylic acids is 1. The second-order valence-corrected chi connectivity index (χ2v) is 10.6. The van der Waals surface area contributed by atoms with Gasteiger partial charge in [-0.1, -0.05) is 29.0 Å². The summed E-state index contributed by atoms with van der Waals surface area (Å²) in [6, 6.07) is 8.40. The molecule has 0 bridgehead atoms. The molecule has 1 aliphatic carbocycles. The van der Waals surface area contributed by atoms with Crippen molar-refractivity contribution in [1.29, 1.82) is 0 Å². The monoisotopic (exact) mass is 503 g/mol. The number of rotatable bonds is 9. The molecule has 4 rings (SSSR count). The first-order chi connectivity index (χ1) is 16.3. The van der Waals surface area contributed by atoms with Gasteiger partial charge in [-0.2, -0.15) is 0 Å². The third-order valence-corrected chi connectivity index (χ3v) is 8.56. The molecule has 1 aromatic carbocycles. The SMILES string of the molecule is O=C(O)/C=C1\C(SSc2ncccc2[N+](=O)[O-])CCN(Cc2ccccc2F)C1C(=O)C1CC1. The van der Waals surface area contributed by atoms with Crippen LogP contribution in [0.5, 0.6) is 0 Å². The predicted octanol–water partition coefficient (Wildman–Crippen LogP) is 4.50. The van der Waals surface area contributed by atoms with Crippen LogP contribution in [-0.2, 0) is 16.1 Å². The number of nitrogens with zero attached hydrogens (tertiary/aromatic N) is 3. The van der Waals surface area contributed by atoms with Crippen molar-refractivity contribution < 1.29 is 24.0 Å². The summed E-state index contributed by atoms with van der Waals surface area (Å²) in [6.07, 6.45) is 4.55. The molecule has 34 heavy (non-hydrogen) atoms. The van der Waals surface area contributed by atoms with Crippen molar-refractivity contribution >= 4 is 39.0 Å². The van der Waals surface area contributed by atoms with Gasteiger partial charge < -0.3 is 5.11 Å². The molecule has 178 valence electrons. The van der Waals surface area contributed by atoms with Gasteiger partial charge in [-0.3, -0.25) is 19.8 Å². The summed E-state index contributed by atoms with van der Waals surface area (Å²) in [6.45, 7) is 0.639. The van der Waals surface area contributed by atoms with Gasteiger partial charge in [0.05, 0.1) is 11.0 Å². The molecular weight excluding hydrogens is 481 g/mol. The fraction of sp³-hybridized carbons (Fsp3) is 0.348. The van der Waals surface area contributed by atoms with Crippen LogP contribution in [0.15, 0.2) is 59.3 Å². The third kappa shape index (κ3) is 5.65. The number of likely N-dealkylation sites (tertiary alicyclic amines) is 1. The van der Waals surface area contributed by atoms with E-state index >= 15 is 0 Å². The number of aromatic nitrogens is 1. The molecule has 2 aromatic rings. The average molecular weight is 504 g/mol. The Bertz CT molecular complexity index is 1140. The number of Topliss-reactive ketones (excluding diaryl/α,β-unsaturated/α-hetero) is 1. The molecule has 11 heteroatoms. The minimum Gasteiger partial charge on any atom is -0.478 e. The minimum absolute atomic E-state index is 0.0528. The van der Waals surface area contributed by atoms with Crippen molar-refractivity contribution in [2.45, 2.75) is 42.1 Å². The van der Waals surface area contributed by atoms with E-state index in [0.717, 1.165) is 29.7 Å². The van der Waals surface area contributed by atoms with Crippen LogP contribution in [0, 0.1) is 21.8 Å². The lowest BCUT2D eigenvalue weighted by Gasteiger charge is -2.40. The fourth-order valence-corrected chi connectivity index (χ4v) is 6.70. The number of carboxylic acids is 1. The Hall–Kier alpha value is -2.76. The molecular formula is C23H22FN3O5S2. The van der Waals surface area contributed by atoms with E-state index in [-0.39, 0.29) is 40.0 Å². The highest BCUT2D eigenvalue weighted by atomic mass is 33.1.